The average Bonchev–Trinajstić information content (AvgIpc) is 2.93. The Morgan fingerprint density at radius 2 is 1.76 bits per heavy atom. The van der Waals surface area contributed by atoms with Crippen LogP contribution in [-0.2, 0) is 20.9 Å². The molecule has 3 fully saturated rings. The van der Waals surface area contributed by atoms with Gasteiger partial charge in [-0.1, -0.05) is 73.5 Å². The van der Waals surface area contributed by atoms with Crippen LogP contribution in [0.5, 0.6) is 0 Å². The van der Waals surface area contributed by atoms with E-state index in [4.69, 9.17) is 4.74 Å². The Labute approximate surface area is 253 Å². The first-order valence-corrected chi connectivity index (χ1v) is 16.0. The highest BCUT2D eigenvalue weighted by atomic mass is 79.9. The summed E-state index contributed by atoms with van der Waals surface area (Å²) < 4.78 is 6.97. The summed E-state index contributed by atoms with van der Waals surface area (Å²) in [4.78, 5) is 26.5. The van der Waals surface area contributed by atoms with Crippen molar-refractivity contribution in [3.05, 3.63) is 80.6 Å². The number of halogens is 1. The van der Waals surface area contributed by atoms with Crippen LogP contribution >= 0.6 is 15.9 Å². The summed E-state index contributed by atoms with van der Waals surface area (Å²) in [5.74, 6) is -0.104. The first kappa shape index (κ1) is 28.7. The predicted octanol–water partition coefficient (Wildman–Crippen LogP) is 9.12. The minimum atomic E-state index is -0.510. The normalized spacial score (nSPS) is 39.8. The van der Waals surface area contributed by atoms with E-state index in [1.54, 1.807) is 6.08 Å². The van der Waals surface area contributed by atoms with Gasteiger partial charge in [0.25, 0.3) is 0 Å². The van der Waals surface area contributed by atoms with Gasteiger partial charge in [0.1, 0.15) is 6.61 Å². The summed E-state index contributed by atoms with van der Waals surface area (Å²) in [7, 11) is 0. The highest BCUT2D eigenvalue weighted by molar-refractivity contribution is 9.10. The monoisotopic (exact) mass is 618 g/mol. The molecule has 0 aliphatic heterocycles. The van der Waals surface area contributed by atoms with Crippen LogP contribution in [0, 0.1) is 33.0 Å². The van der Waals surface area contributed by atoms with Crippen LogP contribution in [0.2, 0.25) is 0 Å². The third-order valence-electron chi connectivity index (χ3n) is 12.6. The SMILES string of the molecule is CC1=C(O)C(=O)C=C2C1=CC=C1[C@@]2(C)CC[C@@]2(C)[C@@H]3C[C@](C)(C(=O)OCc4cccc(Br)c4)CC[C@]3(C)CC[C@]12C. The van der Waals surface area contributed by atoms with Gasteiger partial charge in [-0.05, 0) is 116 Å². The van der Waals surface area contributed by atoms with Gasteiger partial charge >= 0.3 is 5.97 Å². The Balaban J connectivity index is 1.33. The molecule has 6 atom stereocenters. The van der Waals surface area contributed by atoms with Gasteiger partial charge in [-0.2, -0.15) is 0 Å². The van der Waals surface area contributed by atoms with E-state index in [0.29, 0.717) is 18.1 Å². The lowest BCUT2D eigenvalue weighted by atomic mass is 9.34. The molecule has 0 aromatic heterocycles. The van der Waals surface area contributed by atoms with E-state index in [1.807, 2.05) is 31.2 Å². The third kappa shape index (κ3) is 4.04. The second-order valence-corrected chi connectivity index (χ2v) is 15.7. The zero-order valence-electron chi connectivity index (χ0n) is 25.3. The molecule has 0 saturated heterocycles. The van der Waals surface area contributed by atoms with Gasteiger partial charge in [0, 0.05) is 15.5 Å². The zero-order valence-corrected chi connectivity index (χ0v) is 26.9. The van der Waals surface area contributed by atoms with E-state index >= 15 is 0 Å². The van der Waals surface area contributed by atoms with Gasteiger partial charge in [0.2, 0.25) is 5.78 Å². The average molecular weight is 620 g/mol. The number of benzene rings is 1. The molecule has 1 aromatic carbocycles. The second-order valence-electron chi connectivity index (χ2n) is 14.8. The van der Waals surface area contributed by atoms with E-state index < -0.39 is 5.41 Å². The summed E-state index contributed by atoms with van der Waals surface area (Å²) in [6.07, 6.45) is 13.1. The second kappa shape index (κ2) is 9.30. The fourth-order valence-electron chi connectivity index (χ4n) is 9.59. The van der Waals surface area contributed by atoms with Crippen LogP contribution in [0.4, 0.5) is 0 Å². The number of hydrogen-bond donors (Lipinski definition) is 1. The Morgan fingerprint density at radius 1 is 1.02 bits per heavy atom. The summed E-state index contributed by atoms with van der Waals surface area (Å²) >= 11 is 3.52. The van der Waals surface area contributed by atoms with E-state index in [-0.39, 0.29) is 39.2 Å². The Kier molecular flexibility index (Phi) is 6.51. The minimum Gasteiger partial charge on any atom is -0.504 e. The zero-order chi connectivity index (χ0) is 29.6. The van der Waals surface area contributed by atoms with E-state index in [9.17, 15) is 14.7 Å². The highest BCUT2D eigenvalue weighted by Gasteiger charge is 2.67. The van der Waals surface area contributed by atoms with Crippen LogP contribution in [0.3, 0.4) is 0 Å². The van der Waals surface area contributed by atoms with Crippen molar-refractivity contribution in [2.24, 2.45) is 33.0 Å². The van der Waals surface area contributed by atoms with Crippen LogP contribution < -0.4 is 0 Å². The molecule has 5 aliphatic rings. The standard InChI is InChI=1S/C36H43BrO4/c1-22-25-10-11-28-34(4,26(25)19-27(38)30(22)39)15-17-36(6)29-20-33(3,13-12-32(29,2)14-16-35(28,36)5)31(40)41-21-23-8-7-9-24(37)18-23/h7-11,18-19,29,39H,12-17,20-21H2,1-6H3/t29-,32-,33-,34+,35-,36+/m1/s1. The number of rotatable bonds is 3. The number of ether oxygens (including phenoxy) is 1. The van der Waals surface area contributed by atoms with Gasteiger partial charge in [-0.15, -0.1) is 0 Å². The third-order valence-corrected chi connectivity index (χ3v) is 13.1. The predicted molar refractivity (Wildman–Crippen MR) is 165 cm³/mol. The number of aliphatic hydroxyl groups is 1. The van der Waals surface area contributed by atoms with E-state index in [0.717, 1.165) is 66.1 Å². The lowest BCUT2D eigenvalue weighted by molar-refractivity contribution is -0.183. The maximum Gasteiger partial charge on any atom is 0.312 e. The van der Waals surface area contributed by atoms with Crippen molar-refractivity contribution in [2.45, 2.75) is 93.1 Å². The number of allylic oxidation sites excluding steroid dienone is 7. The van der Waals surface area contributed by atoms with Crippen LogP contribution in [0.25, 0.3) is 0 Å². The molecule has 0 amide bonds. The number of carbonyl (C=O) groups is 2. The minimum absolute atomic E-state index is 0.00913. The first-order valence-electron chi connectivity index (χ1n) is 15.2. The van der Waals surface area contributed by atoms with Gasteiger partial charge in [-0.3, -0.25) is 9.59 Å². The summed E-state index contributed by atoms with van der Waals surface area (Å²) in [5, 5.41) is 10.4. The van der Waals surface area contributed by atoms with Crippen molar-refractivity contribution in [3.8, 4) is 0 Å². The Hall–Kier alpha value is -2.40. The Bertz CT molecular complexity index is 1480. The number of ketones is 1. The van der Waals surface area contributed by atoms with E-state index in [1.165, 1.54) is 5.57 Å². The first-order chi connectivity index (χ1) is 19.2. The molecule has 4 nitrogen and oxygen atoms in total. The lowest BCUT2D eigenvalue weighted by Gasteiger charge is -2.70. The molecule has 6 rings (SSSR count). The molecule has 0 unspecified atom stereocenters. The van der Waals surface area contributed by atoms with Crippen molar-refractivity contribution < 1.29 is 19.4 Å². The van der Waals surface area contributed by atoms with Crippen molar-refractivity contribution >= 4 is 27.7 Å². The van der Waals surface area contributed by atoms with Crippen LogP contribution in [0.1, 0.15) is 92.1 Å². The van der Waals surface area contributed by atoms with Gasteiger partial charge in [0.15, 0.2) is 5.76 Å². The van der Waals surface area contributed by atoms with Crippen molar-refractivity contribution in [3.63, 3.8) is 0 Å². The molecule has 5 aliphatic carbocycles. The number of carbonyl (C=O) groups excluding carboxylic acids is 2. The molecule has 3 saturated carbocycles. The number of hydrogen-bond acceptors (Lipinski definition) is 4. The van der Waals surface area contributed by atoms with Crippen LogP contribution in [0.15, 0.2) is 75.0 Å². The highest BCUT2D eigenvalue weighted by Crippen LogP contribution is 2.75. The van der Waals surface area contributed by atoms with Gasteiger partial charge in [-0.25, -0.2) is 0 Å². The van der Waals surface area contributed by atoms with Crippen molar-refractivity contribution in [1.82, 2.24) is 0 Å². The van der Waals surface area contributed by atoms with Crippen molar-refractivity contribution in [1.29, 1.82) is 0 Å². The molecule has 1 aromatic rings. The topological polar surface area (TPSA) is 63.6 Å². The molecule has 5 heteroatoms. The van der Waals surface area contributed by atoms with Crippen LogP contribution in [-0.4, -0.2) is 16.9 Å². The van der Waals surface area contributed by atoms with Crippen molar-refractivity contribution in [2.75, 3.05) is 0 Å². The molecule has 41 heavy (non-hydrogen) atoms. The smallest absolute Gasteiger partial charge is 0.312 e. The maximum absolute atomic E-state index is 13.7. The summed E-state index contributed by atoms with van der Waals surface area (Å²) in [6, 6.07) is 7.95. The fourth-order valence-corrected chi connectivity index (χ4v) is 10.0. The summed E-state index contributed by atoms with van der Waals surface area (Å²) in [5.41, 5.74) is 4.54. The maximum atomic E-state index is 13.7. The number of fused-ring (bicyclic) bond motifs is 7. The van der Waals surface area contributed by atoms with Gasteiger partial charge < -0.3 is 9.84 Å². The number of esters is 1. The molecular formula is C36H43BrO4. The van der Waals surface area contributed by atoms with E-state index in [2.05, 4.69) is 62.7 Å². The molecule has 0 radical (unpaired) electrons. The Morgan fingerprint density at radius 3 is 2.49 bits per heavy atom. The number of aliphatic hydroxyl groups excluding tert-OH is 1. The molecular weight excluding hydrogens is 576 g/mol. The molecule has 0 heterocycles. The molecule has 0 bridgehead atoms. The fraction of sp³-hybridized carbons (Fsp3) is 0.556. The summed E-state index contributed by atoms with van der Waals surface area (Å²) in [6.45, 7) is 14.0. The largest absolute Gasteiger partial charge is 0.504 e. The quantitative estimate of drug-likeness (QED) is 0.343. The lowest BCUT2D eigenvalue weighted by Crippen LogP contribution is -2.62. The van der Waals surface area contributed by atoms with Gasteiger partial charge in [0.05, 0.1) is 5.41 Å². The molecule has 0 spiro atoms. The molecule has 218 valence electrons. The molecule has 1 N–H and O–H groups in total.